The number of likely N-dealkylation sites (N-methyl/N-ethyl adjacent to an activating group) is 1. The van der Waals surface area contributed by atoms with Gasteiger partial charge in [-0.1, -0.05) is 12.2 Å². The lowest BCUT2D eigenvalue weighted by Gasteiger charge is -2.24. The number of rotatable bonds is 6. The Morgan fingerprint density at radius 2 is 1.67 bits per heavy atom. The van der Waals surface area contributed by atoms with Gasteiger partial charge in [0.1, 0.15) is 12.3 Å². The van der Waals surface area contributed by atoms with Crippen molar-refractivity contribution in [2.45, 2.75) is 20.3 Å². The van der Waals surface area contributed by atoms with Crippen molar-refractivity contribution in [3.05, 3.63) is 36.4 Å². The number of ether oxygens (including phenoxy) is 1. The van der Waals surface area contributed by atoms with E-state index in [9.17, 15) is 14.4 Å². The molecule has 142 valence electrons. The molecular formula is C21H24N2O4. The zero-order valence-corrected chi connectivity index (χ0v) is 15.6. The average Bonchev–Trinajstić information content (AvgIpc) is 3.34. The number of imide groups is 1. The average molecular weight is 368 g/mol. The molecule has 1 aliphatic heterocycles. The number of allylic oxidation sites excluding steroid dienone is 2. The summed E-state index contributed by atoms with van der Waals surface area (Å²) in [4.78, 5) is 41.2. The minimum Gasteiger partial charge on any atom is -0.494 e. The van der Waals surface area contributed by atoms with Crippen molar-refractivity contribution in [2.24, 2.45) is 23.7 Å². The number of hydrogen-bond acceptors (Lipinski definition) is 4. The van der Waals surface area contributed by atoms with E-state index in [1.807, 2.05) is 38.1 Å². The van der Waals surface area contributed by atoms with Crippen LogP contribution < -0.4 is 9.64 Å². The quantitative estimate of drug-likeness (QED) is 0.571. The molecule has 1 aromatic rings. The smallest absolute Gasteiger partial charge is 0.247 e. The molecule has 2 bridgehead atoms. The van der Waals surface area contributed by atoms with Crippen molar-refractivity contribution in [1.29, 1.82) is 0 Å². The number of hydrogen-bond donors (Lipinski definition) is 0. The normalized spacial score (nSPS) is 28.0. The summed E-state index contributed by atoms with van der Waals surface area (Å²) < 4.78 is 5.43. The lowest BCUT2D eigenvalue weighted by molar-refractivity contribution is -0.143. The third-order valence-corrected chi connectivity index (χ3v) is 5.93. The summed E-state index contributed by atoms with van der Waals surface area (Å²) in [6, 6.07) is 7.27. The van der Waals surface area contributed by atoms with Crippen LogP contribution >= 0.6 is 0 Å². The molecule has 1 saturated heterocycles. The van der Waals surface area contributed by atoms with E-state index in [1.54, 1.807) is 4.90 Å². The van der Waals surface area contributed by atoms with E-state index in [-0.39, 0.29) is 47.9 Å². The van der Waals surface area contributed by atoms with Gasteiger partial charge in [-0.2, -0.15) is 0 Å². The molecule has 0 unspecified atom stereocenters. The van der Waals surface area contributed by atoms with Gasteiger partial charge in [-0.15, -0.1) is 0 Å². The summed E-state index contributed by atoms with van der Waals surface area (Å²) in [5.74, 6) is -0.0819. The molecule has 3 aliphatic rings. The van der Waals surface area contributed by atoms with E-state index in [1.165, 1.54) is 4.90 Å². The molecule has 1 aromatic carbocycles. The molecular weight excluding hydrogens is 344 g/mol. The molecule has 6 nitrogen and oxygen atoms in total. The van der Waals surface area contributed by atoms with Crippen molar-refractivity contribution >= 4 is 23.4 Å². The number of nitrogens with zero attached hydrogens (tertiary/aromatic N) is 2. The molecule has 2 aliphatic carbocycles. The van der Waals surface area contributed by atoms with Crippen LogP contribution in [0.2, 0.25) is 0 Å². The van der Waals surface area contributed by atoms with Crippen LogP contribution in [0.25, 0.3) is 0 Å². The maximum absolute atomic E-state index is 12.9. The predicted molar refractivity (Wildman–Crippen MR) is 100 cm³/mol. The molecule has 6 heteroatoms. The van der Waals surface area contributed by atoms with Crippen LogP contribution in [0.1, 0.15) is 20.3 Å². The number of anilines is 1. The van der Waals surface area contributed by atoms with E-state index in [0.717, 1.165) is 17.9 Å². The molecule has 1 saturated carbocycles. The van der Waals surface area contributed by atoms with Gasteiger partial charge < -0.3 is 9.64 Å². The first-order chi connectivity index (χ1) is 13.0. The van der Waals surface area contributed by atoms with Crippen molar-refractivity contribution in [1.82, 2.24) is 4.90 Å². The van der Waals surface area contributed by atoms with Gasteiger partial charge >= 0.3 is 0 Å². The van der Waals surface area contributed by atoms with Crippen molar-refractivity contribution < 1.29 is 19.1 Å². The van der Waals surface area contributed by atoms with Gasteiger partial charge in [-0.3, -0.25) is 19.3 Å². The van der Waals surface area contributed by atoms with E-state index in [0.29, 0.717) is 13.2 Å². The van der Waals surface area contributed by atoms with Crippen LogP contribution in [0.5, 0.6) is 5.75 Å². The maximum atomic E-state index is 12.9. The molecule has 3 amide bonds. The minimum atomic E-state index is -0.263. The Bertz CT molecular complexity index is 771. The molecule has 27 heavy (non-hydrogen) atoms. The van der Waals surface area contributed by atoms with E-state index in [4.69, 9.17) is 4.74 Å². The van der Waals surface area contributed by atoms with Crippen molar-refractivity contribution in [3.8, 4) is 5.75 Å². The fraction of sp³-hybridized carbons (Fsp3) is 0.476. The van der Waals surface area contributed by atoms with Gasteiger partial charge in [-0.25, -0.2) is 0 Å². The van der Waals surface area contributed by atoms with Crippen LogP contribution in [0.4, 0.5) is 5.69 Å². The first kappa shape index (κ1) is 17.8. The van der Waals surface area contributed by atoms with Gasteiger partial charge in [-0.05, 0) is 56.4 Å². The highest BCUT2D eigenvalue weighted by atomic mass is 16.5. The highest BCUT2D eigenvalue weighted by Gasteiger charge is 2.59. The van der Waals surface area contributed by atoms with Crippen LogP contribution in [0, 0.1) is 23.7 Å². The summed E-state index contributed by atoms with van der Waals surface area (Å²) in [7, 11) is 0. The standard InChI is InChI=1S/C21H24N2O4/c1-3-22(15-7-9-16(10-8-15)27-4-2)17(24)12-23-20(25)18-13-5-6-14(11-13)19(18)21(23)26/h5-10,13-14,18-19H,3-4,11-12H2,1-2H3/t13-,14-,18+,19+/m0/s1. The molecule has 0 aromatic heterocycles. The highest BCUT2D eigenvalue weighted by molar-refractivity contribution is 6.10. The summed E-state index contributed by atoms with van der Waals surface area (Å²) in [5, 5.41) is 0. The Balaban J connectivity index is 1.48. The Hall–Kier alpha value is -2.63. The predicted octanol–water partition coefficient (Wildman–Crippen LogP) is 2.25. The van der Waals surface area contributed by atoms with Crippen LogP contribution in [-0.4, -0.2) is 42.3 Å². The lowest BCUT2D eigenvalue weighted by atomic mass is 9.85. The topological polar surface area (TPSA) is 66.9 Å². The molecule has 4 rings (SSSR count). The third kappa shape index (κ3) is 2.83. The summed E-state index contributed by atoms with van der Waals surface area (Å²) in [6.45, 7) is 4.64. The number of amides is 3. The van der Waals surface area contributed by atoms with Gasteiger partial charge in [0.05, 0.1) is 18.4 Å². The lowest BCUT2D eigenvalue weighted by Crippen LogP contribution is -2.44. The second kappa shape index (κ2) is 6.83. The fourth-order valence-electron chi connectivity index (χ4n) is 4.73. The third-order valence-electron chi connectivity index (χ3n) is 5.93. The Morgan fingerprint density at radius 1 is 1.07 bits per heavy atom. The highest BCUT2D eigenvalue weighted by Crippen LogP contribution is 2.52. The first-order valence-corrected chi connectivity index (χ1v) is 9.62. The van der Waals surface area contributed by atoms with Gasteiger partial charge in [0.15, 0.2) is 0 Å². The van der Waals surface area contributed by atoms with Gasteiger partial charge in [0, 0.05) is 12.2 Å². The van der Waals surface area contributed by atoms with Crippen LogP contribution in [-0.2, 0) is 14.4 Å². The van der Waals surface area contributed by atoms with Crippen LogP contribution in [0.3, 0.4) is 0 Å². The second-order valence-corrected chi connectivity index (χ2v) is 7.33. The number of likely N-dealkylation sites (tertiary alicyclic amines) is 1. The largest absolute Gasteiger partial charge is 0.494 e. The molecule has 2 fully saturated rings. The van der Waals surface area contributed by atoms with Crippen molar-refractivity contribution in [2.75, 3.05) is 24.6 Å². The zero-order valence-electron chi connectivity index (χ0n) is 15.6. The van der Waals surface area contributed by atoms with E-state index >= 15 is 0 Å². The van der Waals surface area contributed by atoms with E-state index in [2.05, 4.69) is 12.2 Å². The number of carbonyl (C=O) groups excluding carboxylic acids is 3. The minimum absolute atomic E-state index is 0.157. The Kier molecular flexibility index (Phi) is 4.50. The molecule has 1 heterocycles. The summed E-state index contributed by atoms with van der Waals surface area (Å²) in [5.41, 5.74) is 0.729. The second-order valence-electron chi connectivity index (χ2n) is 7.33. The molecule has 0 radical (unpaired) electrons. The molecule has 0 spiro atoms. The summed E-state index contributed by atoms with van der Waals surface area (Å²) >= 11 is 0. The summed E-state index contributed by atoms with van der Waals surface area (Å²) in [6.07, 6.45) is 5.00. The number of carbonyl (C=O) groups is 3. The Labute approximate surface area is 158 Å². The monoisotopic (exact) mass is 368 g/mol. The maximum Gasteiger partial charge on any atom is 0.247 e. The fourth-order valence-corrected chi connectivity index (χ4v) is 4.73. The number of fused-ring (bicyclic) bond motifs is 5. The SMILES string of the molecule is CCOc1ccc(N(CC)C(=O)CN2C(=O)[C@H]3[C@H](C2=O)[C@H]2C=C[C@H]3C2)cc1. The van der Waals surface area contributed by atoms with Gasteiger partial charge in [0.25, 0.3) is 0 Å². The van der Waals surface area contributed by atoms with Gasteiger partial charge in [0.2, 0.25) is 17.7 Å². The first-order valence-electron chi connectivity index (χ1n) is 9.62. The van der Waals surface area contributed by atoms with E-state index < -0.39 is 0 Å². The molecule has 4 atom stereocenters. The number of benzene rings is 1. The van der Waals surface area contributed by atoms with Crippen LogP contribution in [0.15, 0.2) is 36.4 Å². The zero-order chi connectivity index (χ0) is 19.1. The molecule has 0 N–H and O–H groups in total. The van der Waals surface area contributed by atoms with Crippen molar-refractivity contribution in [3.63, 3.8) is 0 Å². The Morgan fingerprint density at radius 3 is 2.19 bits per heavy atom.